The molecule has 4 rings (SSSR count). The maximum Gasteiger partial charge on any atom is 0.192 e. The van der Waals surface area contributed by atoms with E-state index in [0.29, 0.717) is 22.4 Å². The first-order valence-corrected chi connectivity index (χ1v) is 9.63. The molecule has 0 saturated carbocycles. The van der Waals surface area contributed by atoms with E-state index in [-0.39, 0.29) is 11.6 Å². The van der Waals surface area contributed by atoms with Crippen LogP contribution in [-0.2, 0) is 0 Å². The standard InChI is InChI=1S/C19H14FN3O2S2/c1-25-17-8-11(20)2-4-14(17)18-13-5-3-12(9-15(13)16(24)10-22-18)27-23-19-21-6-7-26-19/h2-10,24H,1H3,(H,21,23). The average molecular weight is 399 g/mol. The summed E-state index contributed by atoms with van der Waals surface area (Å²) < 4.78 is 22.0. The molecule has 0 fully saturated rings. The number of ether oxygens (including phenoxy) is 1. The number of halogens is 1. The Bertz CT molecular complexity index is 1100. The number of nitrogens with one attached hydrogen (secondary N) is 1. The molecule has 0 atom stereocenters. The van der Waals surface area contributed by atoms with Crippen molar-refractivity contribution in [2.75, 3.05) is 11.8 Å². The highest BCUT2D eigenvalue weighted by molar-refractivity contribution is 8.00. The Balaban J connectivity index is 1.76. The number of aromatic nitrogens is 2. The molecule has 0 saturated heterocycles. The first-order valence-electron chi connectivity index (χ1n) is 7.93. The number of nitrogens with zero attached hydrogens (tertiary/aromatic N) is 2. The van der Waals surface area contributed by atoms with Crippen LogP contribution in [0.15, 0.2) is 59.1 Å². The number of hydrogen-bond donors (Lipinski definition) is 2. The fourth-order valence-corrected chi connectivity index (χ4v) is 3.98. The van der Waals surface area contributed by atoms with Crippen LogP contribution >= 0.6 is 23.3 Å². The summed E-state index contributed by atoms with van der Waals surface area (Å²) in [6.45, 7) is 0. The first-order chi connectivity index (χ1) is 13.2. The minimum absolute atomic E-state index is 0.0755. The minimum Gasteiger partial charge on any atom is -0.506 e. The van der Waals surface area contributed by atoms with Gasteiger partial charge in [0.25, 0.3) is 0 Å². The van der Waals surface area contributed by atoms with E-state index < -0.39 is 0 Å². The second kappa shape index (κ2) is 7.42. The highest BCUT2D eigenvalue weighted by atomic mass is 32.2. The summed E-state index contributed by atoms with van der Waals surface area (Å²) in [5.74, 6) is 0.0792. The van der Waals surface area contributed by atoms with Gasteiger partial charge in [-0.3, -0.25) is 4.98 Å². The number of hydrogen-bond acceptors (Lipinski definition) is 7. The summed E-state index contributed by atoms with van der Waals surface area (Å²) >= 11 is 2.91. The third kappa shape index (κ3) is 3.54. The molecule has 2 N–H and O–H groups in total. The lowest BCUT2D eigenvalue weighted by atomic mass is 10.0. The molecule has 136 valence electrons. The van der Waals surface area contributed by atoms with Gasteiger partial charge in [-0.1, -0.05) is 6.07 Å². The second-order valence-corrected chi connectivity index (χ2v) is 7.36. The molecule has 0 amide bonds. The van der Waals surface area contributed by atoms with Gasteiger partial charge in [-0.05, 0) is 36.2 Å². The molecule has 0 radical (unpaired) electrons. The van der Waals surface area contributed by atoms with Crippen LogP contribution in [0.5, 0.6) is 11.5 Å². The molecule has 0 aliphatic heterocycles. The number of methoxy groups -OCH3 is 1. The number of rotatable bonds is 5. The average Bonchev–Trinajstić information content (AvgIpc) is 3.21. The SMILES string of the molecule is COc1cc(F)ccc1-c1ncc(O)c2cc(SNc3nccs3)ccc12. The molecule has 0 bridgehead atoms. The quantitative estimate of drug-likeness (QED) is 0.442. The van der Waals surface area contributed by atoms with Gasteiger partial charge in [0.15, 0.2) is 5.13 Å². The van der Waals surface area contributed by atoms with Crippen LogP contribution in [0.25, 0.3) is 22.0 Å². The van der Waals surface area contributed by atoms with Gasteiger partial charge in [-0.2, -0.15) is 0 Å². The Morgan fingerprint density at radius 1 is 1.15 bits per heavy atom. The van der Waals surface area contributed by atoms with Crippen molar-refractivity contribution in [2.45, 2.75) is 4.90 Å². The zero-order valence-electron chi connectivity index (χ0n) is 14.1. The number of pyridine rings is 1. The van der Waals surface area contributed by atoms with Gasteiger partial charge in [0.1, 0.15) is 17.3 Å². The predicted molar refractivity (Wildman–Crippen MR) is 107 cm³/mol. The van der Waals surface area contributed by atoms with Gasteiger partial charge in [0.05, 0.1) is 19.0 Å². The summed E-state index contributed by atoms with van der Waals surface area (Å²) in [6.07, 6.45) is 3.12. The molecule has 2 aromatic carbocycles. The van der Waals surface area contributed by atoms with Crippen molar-refractivity contribution in [3.8, 4) is 22.8 Å². The fourth-order valence-electron chi connectivity index (χ4n) is 2.72. The summed E-state index contributed by atoms with van der Waals surface area (Å²) in [4.78, 5) is 9.44. The van der Waals surface area contributed by atoms with Crippen molar-refractivity contribution < 1.29 is 14.2 Å². The summed E-state index contributed by atoms with van der Waals surface area (Å²) in [7, 11) is 1.49. The molecule has 8 heteroatoms. The lowest BCUT2D eigenvalue weighted by Crippen LogP contribution is -1.93. The third-order valence-electron chi connectivity index (χ3n) is 3.95. The lowest BCUT2D eigenvalue weighted by Gasteiger charge is -2.12. The van der Waals surface area contributed by atoms with Crippen molar-refractivity contribution in [2.24, 2.45) is 0 Å². The molecule has 2 heterocycles. The molecular formula is C19H14FN3O2S2. The topological polar surface area (TPSA) is 67.3 Å². The van der Waals surface area contributed by atoms with Crippen LogP contribution in [0.3, 0.4) is 0 Å². The monoisotopic (exact) mass is 399 g/mol. The maximum absolute atomic E-state index is 13.5. The van der Waals surface area contributed by atoms with Crippen molar-refractivity contribution in [3.05, 3.63) is 60.0 Å². The van der Waals surface area contributed by atoms with Crippen LogP contribution < -0.4 is 9.46 Å². The van der Waals surface area contributed by atoms with Crippen molar-refractivity contribution in [1.82, 2.24) is 9.97 Å². The molecule has 0 unspecified atom stereocenters. The Morgan fingerprint density at radius 2 is 2.04 bits per heavy atom. The summed E-state index contributed by atoms with van der Waals surface area (Å²) in [5, 5.41) is 14.4. The molecular weight excluding hydrogens is 385 g/mol. The van der Waals surface area contributed by atoms with Crippen molar-refractivity contribution >= 4 is 39.2 Å². The maximum atomic E-state index is 13.5. The van der Waals surface area contributed by atoms with Crippen LogP contribution in [0, 0.1) is 5.82 Å². The highest BCUT2D eigenvalue weighted by Gasteiger charge is 2.14. The summed E-state index contributed by atoms with van der Waals surface area (Å²) in [6, 6.07) is 9.98. The Morgan fingerprint density at radius 3 is 2.81 bits per heavy atom. The van der Waals surface area contributed by atoms with E-state index in [1.54, 1.807) is 12.3 Å². The van der Waals surface area contributed by atoms with Crippen molar-refractivity contribution in [3.63, 3.8) is 0 Å². The Hall–Kier alpha value is -2.84. The first kappa shape index (κ1) is 17.6. The third-order valence-corrected chi connectivity index (χ3v) is 5.55. The predicted octanol–water partition coefficient (Wildman–Crippen LogP) is 5.33. The van der Waals surface area contributed by atoms with Crippen molar-refractivity contribution in [1.29, 1.82) is 0 Å². The summed E-state index contributed by atoms with van der Waals surface area (Å²) in [5.41, 5.74) is 1.27. The van der Waals surface area contributed by atoms with Gasteiger partial charge >= 0.3 is 0 Å². The number of anilines is 1. The smallest absolute Gasteiger partial charge is 0.192 e. The lowest BCUT2D eigenvalue weighted by molar-refractivity contribution is 0.413. The molecule has 0 spiro atoms. The van der Waals surface area contributed by atoms with E-state index in [2.05, 4.69) is 14.7 Å². The Labute approximate surface area is 163 Å². The van der Waals surface area contributed by atoms with E-state index in [9.17, 15) is 9.50 Å². The highest BCUT2D eigenvalue weighted by Crippen LogP contribution is 2.38. The van der Waals surface area contributed by atoms with E-state index in [1.165, 1.54) is 48.7 Å². The van der Waals surface area contributed by atoms with Gasteiger partial charge in [0, 0.05) is 38.9 Å². The molecule has 2 aromatic heterocycles. The zero-order chi connectivity index (χ0) is 18.8. The van der Waals surface area contributed by atoms with Crippen LogP contribution in [0.2, 0.25) is 0 Å². The van der Waals surface area contributed by atoms with E-state index in [4.69, 9.17) is 4.74 Å². The zero-order valence-corrected chi connectivity index (χ0v) is 15.8. The van der Waals surface area contributed by atoms with Crippen LogP contribution in [0.4, 0.5) is 9.52 Å². The van der Waals surface area contributed by atoms with E-state index in [0.717, 1.165) is 15.4 Å². The Kier molecular flexibility index (Phi) is 4.83. The van der Waals surface area contributed by atoms with Gasteiger partial charge in [-0.15, -0.1) is 11.3 Å². The number of aromatic hydroxyl groups is 1. The number of benzene rings is 2. The normalized spacial score (nSPS) is 10.9. The molecule has 27 heavy (non-hydrogen) atoms. The molecule has 0 aliphatic rings. The van der Waals surface area contributed by atoms with E-state index in [1.807, 2.05) is 23.6 Å². The largest absolute Gasteiger partial charge is 0.506 e. The fraction of sp³-hybridized carbons (Fsp3) is 0.0526. The minimum atomic E-state index is -0.384. The second-order valence-electron chi connectivity index (χ2n) is 5.59. The molecule has 5 nitrogen and oxygen atoms in total. The molecule has 4 aromatic rings. The van der Waals surface area contributed by atoms with Gasteiger partial charge in [0.2, 0.25) is 0 Å². The van der Waals surface area contributed by atoms with Gasteiger partial charge in [-0.25, -0.2) is 9.37 Å². The van der Waals surface area contributed by atoms with E-state index >= 15 is 0 Å². The van der Waals surface area contributed by atoms with Crippen LogP contribution in [-0.4, -0.2) is 22.2 Å². The van der Waals surface area contributed by atoms with Gasteiger partial charge < -0.3 is 14.6 Å². The number of thiazole rings is 1. The van der Waals surface area contributed by atoms with Crippen LogP contribution in [0.1, 0.15) is 0 Å². The number of fused-ring (bicyclic) bond motifs is 1. The molecule has 0 aliphatic carbocycles.